The molecule has 3 rings (SSSR count). The van der Waals surface area contributed by atoms with Gasteiger partial charge in [-0.1, -0.05) is 12.8 Å². The predicted molar refractivity (Wildman–Crippen MR) is 124 cm³/mol. The smallest absolute Gasteiger partial charge is 0.338 e. The van der Waals surface area contributed by atoms with E-state index in [9.17, 15) is 18.0 Å². The lowest BCUT2D eigenvalue weighted by Gasteiger charge is -2.21. The molecule has 2 aromatic carbocycles. The fourth-order valence-corrected chi connectivity index (χ4v) is 5.45. The minimum Gasteiger partial charge on any atom is -0.497 e. The summed E-state index contributed by atoms with van der Waals surface area (Å²) >= 11 is 0. The number of hydrogen-bond acceptors (Lipinski definition) is 8. The van der Waals surface area contributed by atoms with E-state index in [2.05, 4.69) is 0 Å². The van der Waals surface area contributed by atoms with E-state index in [0.717, 1.165) is 25.7 Å². The van der Waals surface area contributed by atoms with E-state index in [0.29, 0.717) is 24.6 Å². The second kappa shape index (κ2) is 11.3. The third-order valence-electron chi connectivity index (χ3n) is 5.62. The zero-order valence-electron chi connectivity index (χ0n) is 19.5. The summed E-state index contributed by atoms with van der Waals surface area (Å²) in [5, 5.41) is 0. The maximum Gasteiger partial charge on any atom is 0.338 e. The summed E-state index contributed by atoms with van der Waals surface area (Å²) in [7, 11) is 0.392. The van der Waals surface area contributed by atoms with Crippen molar-refractivity contribution in [3.05, 3.63) is 47.5 Å². The van der Waals surface area contributed by atoms with E-state index in [-0.39, 0.29) is 21.8 Å². The Hall–Kier alpha value is -3.11. The van der Waals surface area contributed by atoms with Crippen LogP contribution in [-0.2, 0) is 14.8 Å². The number of esters is 1. The lowest BCUT2D eigenvalue weighted by Crippen LogP contribution is -2.32. The Labute approximate surface area is 199 Å². The number of ether oxygens (including phenoxy) is 4. The Morgan fingerprint density at radius 3 is 2.12 bits per heavy atom. The number of hydrogen-bond donors (Lipinski definition) is 0. The van der Waals surface area contributed by atoms with E-state index >= 15 is 0 Å². The number of carbonyl (C=O) groups is 2. The second-order valence-electron chi connectivity index (χ2n) is 7.75. The Morgan fingerprint density at radius 1 is 0.853 bits per heavy atom. The van der Waals surface area contributed by atoms with Gasteiger partial charge >= 0.3 is 5.97 Å². The van der Waals surface area contributed by atoms with Crippen LogP contribution >= 0.6 is 0 Å². The Balaban J connectivity index is 1.80. The molecule has 0 unspecified atom stereocenters. The van der Waals surface area contributed by atoms with Crippen LogP contribution in [0.1, 0.15) is 46.4 Å². The molecule has 9 nitrogen and oxygen atoms in total. The highest BCUT2D eigenvalue weighted by Gasteiger charge is 2.29. The van der Waals surface area contributed by atoms with Crippen molar-refractivity contribution < 1.29 is 37.0 Å². The SMILES string of the molecule is COc1ccc(OC)c(C(=O)COC(=O)c2ccc(OC)c(S(=O)(=O)N3CCCCCC3)c2)c1. The summed E-state index contributed by atoms with van der Waals surface area (Å²) in [6, 6.07) is 8.77. The van der Waals surface area contributed by atoms with Gasteiger partial charge in [0.25, 0.3) is 0 Å². The van der Waals surface area contributed by atoms with Gasteiger partial charge in [0.15, 0.2) is 6.61 Å². The van der Waals surface area contributed by atoms with E-state index in [1.165, 1.54) is 49.9 Å². The predicted octanol–water partition coefficient (Wildman–Crippen LogP) is 3.32. The van der Waals surface area contributed by atoms with Crippen molar-refractivity contribution in [1.29, 1.82) is 0 Å². The van der Waals surface area contributed by atoms with Crippen LogP contribution in [0.25, 0.3) is 0 Å². The molecule has 34 heavy (non-hydrogen) atoms. The van der Waals surface area contributed by atoms with Crippen LogP contribution in [0.2, 0.25) is 0 Å². The van der Waals surface area contributed by atoms with Crippen molar-refractivity contribution in [2.45, 2.75) is 30.6 Å². The number of methoxy groups -OCH3 is 3. The molecule has 2 aromatic rings. The monoisotopic (exact) mass is 491 g/mol. The molecule has 1 heterocycles. The molecule has 10 heteroatoms. The number of benzene rings is 2. The quantitative estimate of drug-likeness (QED) is 0.388. The van der Waals surface area contributed by atoms with Crippen LogP contribution in [0.5, 0.6) is 17.2 Å². The van der Waals surface area contributed by atoms with E-state index < -0.39 is 28.4 Å². The Kier molecular flexibility index (Phi) is 8.51. The van der Waals surface area contributed by atoms with Crippen LogP contribution in [-0.4, -0.2) is 65.5 Å². The lowest BCUT2D eigenvalue weighted by atomic mass is 10.1. The van der Waals surface area contributed by atoms with Crippen molar-refractivity contribution >= 4 is 21.8 Å². The van der Waals surface area contributed by atoms with Gasteiger partial charge in [0.05, 0.1) is 32.5 Å². The topological polar surface area (TPSA) is 108 Å². The van der Waals surface area contributed by atoms with Crippen molar-refractivity contribution in [3.63, 3.8) is 0 Å². The molecule has 0 spiro atoms. The number of Topliss-reactive ketones (excluding diaryl/α,β-unsaturated/α-hetero) is 1. The van der Waals surface area contributed by atoms with Gasteiger partial charge in [-0.05, 0) is 49.2 Å². The third-order valence-corrected chi connectivity index (χ3v) is 7.54. The molecule has 0 aromatic heterocycles. The first-order chi connectivity index (χ1) is 16.3. The Bertz CT molecular complexity index is 1140. The van der Waals surface area contributed by atoms with Crippen LogP contribution in [0.3, 0.4) is 0 Å². The van der Waals surface area contributed by atoms with Gasteiger partial charge in [0.2, 0.25) is 15.8 Å². The zero-order valence-corrected chi connectivity index (χ0v) is 20.4. The first-order valence-corrected chi connectivity index (χ1v) is 12.4. The van der Waals surface area contributed by atoms with Gasteiger partial charge in [-0.15, -0.1) is 0 Å². The summed E-state index contributed by atoms with van der Waals surface area (Å²) in [6.07, 6.45) is 3.50. The van der Waals surface area contributed by atoms with Gasteiger partial charge in [-0.3, -0.25) is 4.79 Å². The summed E-state index contributed by atoms with van der Waals surface area (Å²) in [4.78, 5) is 25.2. The summed E-state index contributed by atoms with van der Waals surface area (Å²) in [6.45, 7) is 0.274. The van der Waals surface area contributed by atoms with Gasteiger partial charge < -0.3 is 18.9 Å². The molecule has 0 N–H and O–H groups in total. The molecule has 0 amide bonds. The zero-order chi connectivity index (χ0) is 24.7. The highest BCUT2D eigenvalue weighted by Crippen LogP contribution is 2.30. The molecular weight excluding hydrogens is 462 g/mol. The fraction of sp³-hybridized carbons (Fsp3) is 0.417. The first kappa shape index (κ1) is 25.5. The molecule has 0 aliphatic carbocycles. The van der Waals surface area contributed by atoms with Crippen LogP contribution in [0.4, 0.5) is 0 Å². The maximum atomic E-state index is 13.3. The molecule has 184 valence electrons. The molecule has 1 fully saturated rings. The standard InChI is InChI=1S/C24H29NO8S/c1-30-18-9-11-21(31-2)19(15-18)20(26)16-33-24(27)17-8-10-22(32-3)23(14-17)34(28,29)25-12-6-4-5-7-13-25/h8-11,14-15H,4-7,12-13,16H2,1-3H3. The van der Waals surface area contributed by atoms with E-state index in [1.807, 2.05) is 0 Å². The number of ketones is 1. The molecule has 0 bridgehead atoms. The lowest BCUT2D eigenvalue weighted by molar-refractivity contribution is 0.0473. The number of sulfonamides is 1. The first-order valence-electron chi connectivity index (χ1n) is 10.9. The van der Waals surface area contributed by atoms with Crippen molar-refractivity contribution in [2.24, 2.45) is 0 Å². The molecule has 1 aliphatic heterocycles. The molecule has 0 saturated carbocycles. The minimum absolute atomic E-state index is 0.000367. The van der Waals surface area contributed by atoms with Crippen LogP contribution < -0.4 is 14.2 Å². The van der Waals surface area contributed by atoms with Crippen molar-refractivity contribution in [2.75, 3.05) is 41.0 Å². The Morgan fingerprint density at radius 2 is 1.50 bits per heavy atom. The molecule has 1 aliphatic rings. The number of carbonyl (C=O) groups excluding carboxylic acids is 2. The van der Waals surface area contributed by atoms with Crippen LogP contribution in [0, 0.1) is 0 Å². The maximum absolute atomic E-state index is 13.3. The average molecular weight is 492 g/mol. The second-order valence-corrected chi connectivity index (χ2v) is 9.66. The van der Waals surface area contributed by atoms with Crippen molar-refractivity contribution in [1.82, 2.24) is 4.31 Å². The molecule has 0 radical (unpaired) electrons. The highest BCUT2D eigenvalue weighted by molar-refractivity contribution is 7.89. The minimum atomic E-state index is -3.87. The van der Waals surface area contributed by atoms with Crippen LogP contribution in [0.15, 0.2) is 41.3 Å². The molecular formula is C24H29NO8S. The third kappa shape index (κ3) is 5.68. The van der Waals surface area contributed by atoms with Gasteiger partial charge in [0, 0.05) is 13.1 Å². The van der Waals surface area contributed by atoms with Gasteiger partial charge in [-0.25, -0.2) is 13.2 Å². The van der Waals surface area contributed by atoms with Crippen molar-refractivity contribution in [3.8, 4) is 17.2 Å². The van der Waals surface area contributed by atoms with E-state index in [4.69, 9.17) is 18.9 Å². The molecule has 1 saturated heterocycles. The number of rotatable bonds is 9. The largest absolute Gasteiger partial charge is 0.497 e. The molecule has 0 atom stereocenters. The number of nitrogens with zero attached hydrogens (tertiary/aromatic N) is 1. The normalized spacial score (nSPS) is 14.7. The fourth-order valence-electron chi connectivity index (χ4n) is 3.75. The van der Waals surface area contributed by atoms with E-state index in [1.54, 1.807) is 12.1 Å². The van der Waals surface area contributed by atoms with Gasteiger partial charge in [-0.2, -0.15) is 4.31 Å². The van der Waals surface area contributed by atoms with Gasteiger partial charge in [0.1, 0.15) is 22.1 Å². The summed E-state index contributed by atoms with van der Waals surface area (Å²) in [5.41, 5.74) is 0.202. The summed E-state index contributed by atoms with van der Waals surface area (Å²) < 4.78 is 48.8. The average Bonchev–Trinajstić information content (AvgIpc) is 3.16. The summed E-state index contributed by atoms with van der Waals surface area (Å²) in [5.74, 6) is -0.413. The highest BCUT2D eigenvalue weighted by atomic mass is 32.2.